The molecule has 154 valence electrons. The molecule has 0 saturated carbocycles. The Morgan fingerprint density at radius 3 is 2.00 bits per heavy atom. The van der Waals surface area contributed by atoms with Crippen molar-refractivity contribution in [3.63, 3.8) is 0 Å². The molecule has 1 aliphatic carbocycles. The van der Waals surface area contributed by atoms with Crippen molar-refractivity contribution in [2.45, 2.75) is 24.6 Å². The van der Waals surface area contributed by atoms with Gasteiger partial charge in [0, 0.05) is 10.7 Å². The molecule has 7 heteroatoms. The Morgan fingerprint density at radius 1 is 0.900 bits per heavy atom. The van der Waals surface area contributed by atoms with Crippen molar-refractivity contribution in [1.29, 1.82) is 0 Å². The van der Waals surface area contributed by atoms with Crippen LogP contribution in [0.4, 0.5) is 18.9 Å². The van der Waals surface area contributed by atoms with Crippen LogP contribution < -0.4 is 10.1 Å². The van der Waals surface area contributed by atoms with E-state index in [1.54, 1.807) is 12.1 Å². The molecule has 0 aromatic heterocycles. The topological polar surface area (TPSA) is 38.3 Å². The molecule has 0 atom stereocenters. The fourth-order valence-corrected chi connectivity index (χ4v) is 4.00. The zero-order valence-electron chi connectivity index (χ0n) is 15.7. The quantitative estimate of drug-likeness (QED) is 0.557. The summed E-state index contributed by atoms with van der Waals surface area (Å²) in [7, 11) is 0. The lowest BCUT2D eigenvalue weighted by Gasteiger charge is -2.28. The van der Waals surface area contributed by atoms with Gasteiger partial charge in [0.25, 0.3) is 0 Å². The fourth-order valence-electron chi connectivity index (χ4n) is 3.87. The molecule has 0 radical (unpaired) electrons. The number of carbonyl (C=O) groups is 1. The molecular formula is C23H17ClF3NO2. The molecule has 0 saturated heterocycles. The van der Waals surface area contributed by atoms with E-state index in [0.717, 1.165) is 16.7 Å². The number of anilines is 1. The van der Waals surface area contributed by atoms with Crippen molar-refractivity contribution < 1.29 is 22.7 Å². The molecule has 3 nitrogen and oxygen atoms in total. The Morgan fingerprint density at radius 2 is 1.47 bits per heavy atom. The second-order valence-electron chi connectivity index (χ2n) is 7.24. The van der Waals surface area contributed by atoms with Crippen LogP contribution in [0.1, 0.15) is 16.7 Å². The maximum Gasteiger partial charge on any atom is 0.573 e. The van der Waals surface area contributed by atoms with Gasteiger partial charge in [0.05, 0.1) is 5.41 Å². The predicted molar refractivity (Wildman–Crippen MR) is 109 cm³/mol. The van der Waals surface area contributed by atoms with E-state index in [2.05, 4.69) is 10.1 Å². The zero-order valence-corrected chi connectivity index (χ0v) is 16.4. The van der Waals surface area contributed by atoms with Gasteiger partial charge in [-0.25, -0.2) is 0 Å². The number of hydrogen-bond acceptors (Lipinski definition) is 2. The number of nitrogens with one attached hydrogen (secondary N) is 1. The Hall–Kier alpha value is -2.99. The van der Waals surface area contributed by atoms with Crippen molar-refractivity contribution in [2.75, 3.05) is 5.32 Å². The van der Waals surface area contributed by atoms with E-state index in [0.29, 0.717) is 23.6 Å². The maximum absolute atomic E-state index is 13.4. The second-order valence-corrected chi connectivity index (χ2v) is 7.67. The van der Waals surface area contributed by atoms with E-state index in [9.17, 15) is 18.0 Å². The summed E-state index contributed by atoms with van der Waals surface area (Å²) in [6.45, 7) is 0. The highest BCUT2D eigenvalue weighted by Gasteiger charge is 2.45. The number of rotatable bonds is 4. The molecule has 1 aliphatic rings. The molecule has 1 amide bonds. The molecule has 0 bridgehead atoms. The Bertz CT molecular complexity index is 1040. The van der Waals surface area contributed by atoms with Gasteiger partial charge in [-0.05, 0) is 65.9 Å². The summed E-state index contributed by atoms with van der Waals surface area (Å²) in [5, 5.41) is 3.43. The monoisotopic (exact) mass is 431 g/mol. The number of benzene rings is 3. The average Bonchev–Trinajstić information content (AvgIpc) is 3.10. The molecule has 3 aromatic carbocycles. The summed E-state index contributed by atoms with van der Waals surface area (Å²) in [6, 6.07) is 20.2. The van der Waals surface area contributed by atoms with Crippen LogP contribution in [-0.4, -0.2) is 12.3 Å². The largest absolute Gasteiger partial charge is 0.573 e. The average molecular weight is 432 g/mol. The SMILES string of the molecule is O=C(Nc1ccc(OC(F)(F)F)cc1)C1(c2ccc(Cl)cc2)Cc2ccccc2C1. The third kappa shape index (κ3) is 4.14. The van der Waals surface area contributed by atoms with Gasteiger partial charge < -0.3 is 10.1 Å². The summed E-state index contributed by atoms with van der Waals surface area (Å²) in [5.74, 6) is -0.577. The first-order valence-electron chi connectivity index (χ1n) is 9.25. The van der Waals surface area contributed by atoms with Gasteiger partial charge in [-0.1, -0.05) is 48.0 Å². The zero-order chi connectivity index (χ0) is 21.4. The molecule has 0 spiro atoms. The molecular weight excluding hydrogens is 415 g/mol. The summed E-state index contributed by atoms with van der Waals surface area (Å²) in [4.78, 5) is 13.4. The van der Waals surface area contributed by atoms with Crippen molar-refractivity contribution in [3.05, 3.63) is 94.5 Å². The summed E-state index contributed by atoms with van der Waals surface area (Å²) in [5.41, 5.74) is 2.57. The fraction of sp³-hybridized carbons (Fsp3) is 0.174. The van der Waals surface area contributed by atoms with E-state index in [1.165, 1.54) is 24.3 Å². The second kappa shape index (κ2) is 7.69. The highest BCUT2D eigenvalue weighted by Crippen LogP contribution is 2.41. The molecule has 0 heterocycles. The maximum atomic E-state index is 13.4. The molecule has 4 rings (SSSR count). The van der Waals surface area contributed by atoms with Crippen LogP contribution >= 0.6 is 11.6 Å². The smallest absolute Gasteiger partial charge is 0.406 e. The van der Waals surface area contributed by atoms with Crippen LogP contribution in [0.25, 0.3) is 0 Å². The molecule has 0 aliphatic heterocycles. The van der Waals surface area contributed by atoms with Crippen molar-refractivity contribution in [1.82, 2.24) is 0 Å². The van der Waals surface area contributed by atoms with Gasteiger partial charge in [-0.3, -0.25) is 4.79 Å². The van der Waals surface area contributed by atoms with E-state index in [1.807, 2.05) is 36.4 Å². The van der Waals surface area contributed by atoms with Gasteiger partial charge in [0.15, 0.2) is 0 Å². The van der Waals surface area contributed by atoms with Gasteiger partial charge in [-0.15, -0.1) is 13.2 Å². The van der Waals surface area contributed by atoms with Crippen LogP contribution in [-0.2, 0) is 23.1 Å². The van der Waals surface area contributed by atoms with E-state index in [4.69, 9.17) is 11.6 Å². The highest BCUT2D eigenvalue weighted by atomic mass is 35.5. The number of ether oxygens (including phenoxy) is 1. The first-order valence-corrected chi connectivity index (χ1v) is 9.63. The lowest BCUT2D eigenvalue weighted by atomic mass is 9.76. The number of alkyl halides is 3. The van der Waals surface area contributed by atoms with Gasteiger partial charge >= 0.3 is 6.36 Å². The van der Waals surface area contributed by atoms with Crippen LogP contribution in [0.15, 0.2) is 72.8 Å². The van der Waals surface area contributed by atoms with E-state index < -0.39 is 11.8 Å². The number of halogens is 4. The summed E-state index contributed by atoms with van der Waals surface area (Å²) < 4.78 is 40.9. The molecule has 1 N–H and O–H groups in total. The molecule has 3 aromatic rings. The minimum Gasteiger partial charge on any atom is -0.406 e. The minimum atomic E-state index is -4.76. The van der Waals surface area contributed by atoms with Crippen LogP contribution in [0.5, 0.6) is 5.75 Å². The predicted octanol–water partition coefficient (Wildman–Crippen LogP) is 5.91. The molecule has 30 heavy (non-hydrogen) atoms. The number of fused-ring (bicyclic) bond motifs is 1. The first-order chi connectivity index (χ1) is 14.2. The number of hydrogen-bond donors (Lipinski definition) is 1. The van der Waals surface area contributed by atoms with Crippen LogP contribution in [0, 0.1) is 0 Å². The third-order valence-electron chi connectivity index (χ3n) is 5.28. The van der Waals surface area contributed by atoms with Crippen molar-refractivity contribution in [2.24, 2.45) is 0 Å². The van der Waals surface area contributed by atoms with Crippen LogP contribution in [0.2, 0.25) is 5.02 Å². The van der Waals surface area contributed by atoms with E-state index in [-0.39, 0.29) is 11.7 Å². The van der Waals surface area contributed by atoms with Crippen LogP contribution in [0.3, 0.4) is 0 Å². The standard InChI is InChI=1S/C23H17ClF3NO2/c24-18-7-5-17(6-8-18)22(13-15-3-1-2-4-16(15)14-22)21(29)28-19-9-11-20(12-10-19)30-23(25,26)27/h1-12H,13-14H2,(H,28,29). The minimum absolute atomic E-state index is 0.231. The van der Waals surface area contributed by atoms with Gasteiger partial charge in [-0.2, -0.15) is 0 Å². The number of carbonyl (C=O) groups excluding carboxylic acids is 1. The van der Waals surface area contributed by atoms with Gasteiger partial charge in [0.1, 0.15) is 5.75 Å². The highest BCUT2D eigenvalue weighted by molar-refractivity contribution is 6.30. The Balaban J connectivity index is 1.62. The Labute approximate surface area is 176 Å². The number of amides is 1. The normalized spacial score (nSPS) is 14.8. The van der Waals surface area contributed by atoms with E-state index >= 15 is 0 Å². The lowest BCUT2D eigenvalue weighted by Crippen LogP contribution is -2.41. The third-order valence-corrected chi connectivity index (χ3v) is 5.53. The molecule has 0 unspecified atom stereocenters. The first kappa shape index (κ1) is 20.3. The summed E-state index contributed by atoms with van der Waals surface area (Å²) >= 11 is 6.03. The Kier molecular flexibility index (Phi) is 5.20. The van der Waals surface area contributed by atoms with Gasteiger partial charge in [0.2, 0.25) is 5.91 Å². The van der Waals surface area contributed by atoms with Crippen molar-refractivity contribution >= 4 is 23.2 Å². The van der Waals surface area contributed by atoms with Crippen molar-refractivity contribution in [3.8, 4) is 5.75 Å². The summed E-state index contributed by atoms with van der Waals surface area (Å²) in [6.07, 6.45) is -3.73. The lowest BCUT2D eigenvalue weighted by molar-refractivity contribution is -0.274. The molecule has 0 fully saturated rings.